The lowest BCUT2D eigenvalue weighted by atomic mass is 10.2. The van der Waals surface area contributed by atoms with Crippen LogP contribution in [0.15, 0.2) is 48.5 Å². The molecule has 0 fully saturated rings. The predicted molar refractivity (Wildman–Crippen MR) is 76.3 cm³/mol. The van der Waals surface area contributed by atoms with Crippen LogP contribution in [0.1, 0.15) is 5.56 Å². The zero-order chi connectivity index (χ0) is 13.7. The molecule has 19 heavy (non-hydrogen) atoms. The van der Waals surface area contributed by atoms with E-state index in [-0.39, 0.29) is 0 Å². The summed E-state index contributed by atoms with van der Waals surface area (Å²) in [5.74, 6) is 0. The molecule has 0 saturated heterocycles. The first-order valence-corrected chi connectivity index (χ1v) is 5.82. The molecule has 0 atom stereocenters. The number of rotatable bonds is 4. The van der Waals surface area contributed by atoms with Gasteiger partial charge in [0, 0.05) is 12.2 Å². The van der Waals surface area contributed by atoms with Gasteiger partial charge in [-0.15, -0.1) is 0 Å². The second kappa shape index (κ2) is 5.77. The molecule has 0 spiro atoms. The molecule has 98 valence electrons. The van der Waals surface area contributed by atoms with Gasteiger partial charge in [-0.3, -0.25) is 5.32 Å². The molecule has 0 aliphatic heterocycles. The Kier molecular flexibility index (Phi) is 3.87. The molecule has 0 bridgehead atoms. The fourth-order valence-corrected chi connectivity index (χ4v) is 1.70. The summed E-state index contributed by atoms with van der Waals surface area (Å²) in [5.41, 5.74) is 8.55. The summed E-state index contributed by atoms with van der Waals surface area (Å²) in [4.78, 5) is 10.5. The molecule has 2 rings (SSSR count). The predicted octanol–water partition coefficient (Wildman–Crippen LogP) is 2.97. The number of nitrogens with two attached hydrogens (primary N) is 1. The monoisotopic (exact) mass is 257 g/mol. The molecule has 0 saturated carbocycles. The van der Waals surface area contributed by atoms with Crippen LogP contribution in [0.4, 0.5) is 21.9 Å². The number of hydrogen-bond donors (Lipinski definition) is 4. The van der Waals surface area contributed by atoms with Gasteiger partial charge in [-0.05, 0) is 23.8 Å². The first-order valence-electron chi connectivity index (χ1n) is 5.82. The number of carboxylic acid groups (broad SMARTS) is 1. The third kappa shape index (κ3) is 3.64. The van der Waals surface area contributed by atoms with E-state index < -0.39 is 6.09 Å². The Labute approximate surface area is 111 Å². The summed E-state index contributed by atoms with van der Waals surface area (Å²) in [6.07, 6.45) is -1.13. The molecule has 1 amide bonds. The number of amides is 1. The maximum Gasteiger partial charge on any atom is 0.409 e. The first kappa shape index (κ1) is 12.8. The molecule has 0 radical (unpaired) electrons. The van der Waals surface area contributed by atoms with Gasteiger partial charge < -0.3 is 16.2 Å². The zero-order valence-electron chi connectivity index (χ0n) is 10.3. The Bertz CT molecular complexity index is 570. The van der Waals surface area contributed by atoms with Crippen LogP contribution in [-0.2, 0) is 6.54 Å². The fraction of sp³-hybridized carbons (Fsp3) is 0.0714. The van der Waals surface area contributed by atoms with Crippen molar-refractivity contribution in [3.8, 4) is 0 Å². The molecular weight excluding hydrogens is 242 g/mol. The topological polar surface area (TPSA) is 87.4 Å². The van der Waals surface area contributed by atoms with Gasteiger partial charge in [-0.2, -0.15) is 0 Å². The molecule has 0 aliphatic rings. The zero-order valence-corrected chi connectivity index (χ0v) is 10.3. The molecule has 5 N–H and O–H groups in total. The summed E-state index contributed by atoms with van der Waals surface area (Å²) in [6, 6.07) is 15.1. The standard InChI is InChI=1S/C14H15N3O2/c15-12-8-11(6-7-13(12)17-14(18)19)16-9-10-4-2-1-3-5-10/h1-8,16-17H,9,15H2,(H,18,19). The maximum atomic E-state index is 10.5. The first-order chi connectivity index (χ1) is 9.15. The maximum absolute atomic E-state index is 10.5. The fourth-order valence-electron chi connectivity index (χ4n) is 1.70. The molecule has 0 aliphatic carbocycles. The Morgan fingerprint density at radius 1 is 1.16 bits per heavy atom. The van der Waals surface area contributed by atoms with E-state index in [0.717, 1.165) is 11.3 Å². The van der Waals surface area contributed by atoms with Crippen molar-refractivity contribution in [1.82, 2.24) is 0 Å². The van der Waals surface area contributed by atoms with Crippen molar-refractivity contribution < 1.29 is 9.90 Å². The van der Waals surface area contributed by atoms with E-state index in [1.165, 1.54) is 0 Å². The van der Waals surface area contributed by atoms with Gasteiger partial charge >= 0.3 is 6.09 Å². The Morgan fingerprint density at radius 3 is 2.53 bits per heavy atom. The van der Waals surface area contributed by atoms with Gasteiger partial charge in [0.15, 0.2) is 0 Å². The Balaban J connectivity index is 2.02. The number of nitrogens with one attached hydrogen (secondary N) is 2. The Hall–Kier alpha value is -2.69. The average molecular weight is 257 g/mol. The highest BCUT2D eigenvalue weighted by Crippen LogP contribution is 2.23. The summed E-state index contributed by atoms with van der Waals surface area (Å²) in [5, 5.41) is 14.1. The van der Waals surface area contributed by atoms with E-state index in [1.807, 2.05) is 30.3 Å². The van der Waals surface area contributed by atoms with Crippen molar-refractivity contribution in [2.45, 2.75) is 6.54 Å². The van der Waals surface area contributed by atoms with Crippen LogP contribution in [0.5, 0.6) is 0 Å². The van der Waals surface area contributed by atoms with E-state index >= 15 is 0 Å². The molecule has 2 aromatic rings. The number of benzene rings is 2. The van der Waals surface area contributed by atoms with E-state index in [4.69, 9.17) is 10.8 Å². The van der Waals surface area contributed by atoms with Crippen molar-refractivity contribution >= 4 is 23.2 Å². The number of hydrogen-bond acceptors (Lipinski definition) is 3. The van der Waals surface area contributed by atoms with Gasteiger partial charge in [0.25, 0.3) is 0 Å². The summed E-state index contributed by atoms with van der Waals surface area (Å²) in [6.45, 7) is 0.686. The van der Waals surface area contributed by atoms with E-state index in [9.17, 15) is 4.79 Å². The Morgan fingerprint density at radius 2 is 1.89 bits per heavy atom. The second-order valence-corrected chi connectivity index (χ2v) is 4.07. The number of carbonyl (C=O) groups is 1. The molecule has 5 nitrogen and oxygen atoms in total. The third-order valence-corrected chi connectivity index (χ3v) is 2.63. The average Bonchev–Trinajstić information content (AvgIpc) is 2.40. The van der Waals surface area contributed by atoms with Crippen LogP contribution in [-0.4, -0.2) is 11.2 Å². The highest BCUT2D eigenvalue weighted by molar-refractivity contribution is 5.88. The van der Waals surface area contributed by atoms with E-state index in [2.05, 4.69) is 10.6 Å². The molecule has 5 heteroatoms. The minimum absolute atomic E-state index is 0.387. The van der Waals surface area contributed by atoms with Gasteiger partial charge in [-0.25, -0.2) is 4.79 Å². The lowest BCUT2D eigenvalue weighted by Gasteiger charge is -2.10. The van der Waals surface area contributed by atoms with Gasteiger partial charge in [0.1, 0.15) is 0 Å². The normalized spacial score (nSPS) is 9.89. The summed E-state index contributed by atoms with van der Waals surface area (Å²) in [7, 11) is 0. The molecule has 0 heterocycles. The smallest absolute Gasteiger partial charge is 0.409 e. The highest BCUT2D eigenvalue weighted by Gasteiger charge is 2.03. The van der Waals surface area contributed by atoms with Crippen molar-refractivity contribution in [2.75, 3.05) is 16.4 Å². The lowest BCUT2D eigenvalue weighted by molar-refractivity contribution is 0.210. The van der Waals surface area contributed by atoms with Crippen LogP contribution in [0.3, 0.4) is 0 Å². The van der Waals surface area contributed by atoms with Crippen LogP contribution in [0.25, 0.3) is 0 Å². The van der Waals surface area contributed by atoms with Crippen LogP contribution < -0.4 is 16.4 Å². The van der Waals surface area contributed by atoms with Crippen molar-refractivity contribution in [2.24, 2.45) is 0 Å². The van der Waals surface area contributed by atoms with Crippen LogP contribution in [0, 0.1) is 0 Å². The van der Waals surface area contributed by atoms with E-state index in [1.54, 1.807) is 18.2 Å². The molecule has 2 aromatic carbocycles. The minimum atomic E-state index is -1.13. The van der Waals surface area contributed by atoms with Crippen LogP contribution in [0.2, 0.25) is 0 Å². The molecular formula is C14H15N3O2. The van der Waals surface area contributed by atoms with Crippen LogP contribution >= 0.6 is 0 Å². The van der Waals surface area contributed by atoms with Crippen molar-refractivity contribution in [1.29, 1.82) is 0 Å². The van der Waals surface area contributed by atoms with E-state index in [0.29, 0.717) is 17.9 Å². The largest absolute Gasteiger partial charge is 0.465 e. The third-order valence-electron chi connectivity index (χ3n) is 2.63. The molecule has 0 unspecified atom stereocenters. The minimum Gasteiger partial charge on any atom is -0.465 e. The summed E-state index contributed by atoms with van der Waals surface area (Å²) >= 11 is 0. The van der Waals surface area contributed by atoms with Gasteiger partial charge in [0.2, 0.25) is 0 Å². The quantitative estimate of drug-likeness (QED) is 0.634. The molecule has 0 aromatic heterocycles. The number of nitrogen functional groups attached to an aromatic ring is 1. The highest BCUT2D eigenvalue weighted by atomic mass is 16.4. The second-order valence-electron chi connectivity index (χ2n) is 4.07. The SMILES string of the molecule is Nc1cc(NCc2ccccc2)ccc1NC(=O)O. The summed E-state index contributed by atoms with van der Waals surface area (Å²) < 4.78 is 0. The van der Waals surface area contributed by atoms with Gasteiger partial charge in [0.05, 0.1) is 11.4 Å². The lowest BCUT2D eigenvalue weighted by Crippen LogP contribution is -2.09. The number of anilines is 3. The van der Waals surface area contributed by atoms with Crippen molar-refractivity contribution in [3.05, 3.63) is 54.1 Å². The van der Waals surface area contributed by atoms with Crippen molar-refractivity contribution in [3.63, 3.8) is 0 Å². The van der Waals surface area contributed by atoms with Gasteiger partial charge in [-0.1, -0.05) is 30.3 Å².